The third-order valence-corrected chi connectivity index (χ3v) is 2.89. The summed E-state index contributed by atoms with van der Waals surface area (Å²) >= 11 is 0. The average molecular weight is 216 g/mol. The normalized spacial score (nSPS) is 16.7. The highest BCUT2D eigenvalue weighted by molar-refractivity contribution is 5.38. The van der Waals surface area contributed by atoms with E-state index >= 15 is 0 Å². The largest absolute Gasteiger partial charge is 0.370 e. The van der Waals surface area contributed by atoms with Crippen LogP contribution in [0.25, 0.3) is 0 Å². The molecular formula is C12H16N4. The molecule has 0 atom stereocenters. The van der Waals surface area contributed by atoms with E-state index in [2.05, 4.69) is 15.6 Å². The van der Waals surface area contributed by atoms with Crippen LogP contribution in [-0.2, 0) is 0 Å². The molecule has 1 aromatic rings. The van der Waals surface area contributed by atoms with Crippen LogP contribution in [0.2, 0.25) is 0 Å². The lowest BCUT2D eigenvalue weighted by Gasteiger charge is -2.22. The second kappa shape index (κ2) is 5.47. The highest BCUT2D eigenvalue weighted by Crippen LogP contribution is 2.12. The third-order valence-electron chi connectivity index (χ3n) is 2.89. The number of pyridine rings is 1. The molecule has 1 aliphatic heterocycles. The number of hydrogen-bond donors (Lipinski definition) is 2. The van der Waals surface area contributed by atoms with Crippen LogP contribution in [0.3, 0.4) is 0 Å². The van der Waals surface area contributed by atoms with Crippen LogP contribution in [0.15, 0.2) is 18.2 Å². The van der Waals surface area contributed by atoms with Gasteiger partial charge >= 0.3 is 0 Å². The SMILES string of the molecule is N#Cc1cccc(NCC2CCNCC2)n1. The van der Waals surface area contributed by atoms with Gasteiger partial charge in [-0.05, 0) is 44.0 Å². The number of rotatable bonds is 3. The lowest BCUT2D eigenvalue weighted by Crippen LogP contribution is -2.31. The minimum Gasteiger partial charge on any atom is -0.370 e. The van der Waals surface area contributed by atoms with Gasteiger partial charge in [-0.1, -0.05) is 6.07 Å². The molecule has 0 amide bonds. The van der Waals surface area contributed by atoms with Crippen LogP contribution >= 0.6 is 0 Å². The first-order valence-electron chi connectivity index (χ1n) is 5.70. The number of aromatic nitrogens is 1. The minimum absolute atomic E-state index is 0.468. The third kappa shape index (κ3) is 2.94. The van der Waals surface area contributed by atoms with Crippen molar-refractivity contribution in [2.75, 3.05) is 25.0 Å². The Morgan fingerprint density at radius 3 is 3.00 bits per heavy atom. The van der Waals surface area contributed by atoms with Gasteiger partial charge in [0.2, 0.25) is 0 Å². The molecule has 16 heavy (non-hydrogen) atoms. The smallest absolute Gasteiger partial charge is 0.142 e. The van der Waals surface area contributed by atoms with Crippen molar-refractivity contribution in [2.24, 2.45) is 5.92 Å². The molecule has 2 heterocycles. The Morgan fingerprint density at radius 1 is 1.44 bits per heavy atom. The first kappa shape index (κ1) is 10.9. The van der Waals surface area contributed by atoms with Crippen molar-refractivity contribution in [3.05, 3.63) is 23.9 Å². The van der Waals surface area contributed by atoms with Gasteiger partial charge in [-0.25, -0.2) is 4.98 Å². The Hall–Kier alpha value is -1.60. The van der Waals surface area contributed by atoms with Crippen molar-refractivity contribution in [2.45, 2.75) is 12.8 Å². The first-order valence-corrected chi connectivity index (χ1v) is 5.70. The van der Waals surface area contributed by atoms with Crippen molar-refractivity contribution < 1.29 is 0 Å². The van der Waals surface area contributed by atoms with E-state index in [1.165, 1.54) is 12.8 Å². The van der Waals surface area contributed by atoms with E-state index < -0.39 is 0 Å². The lowest BCUT2D eigenvalue weighted by atomic mass is 9.98. The van der Waals surface area contributed by atoms with Crippen LogP contribution in [-0.4, -0.2) is 24.6 Å². The van der Waals surface area contributed by atoms with Gasteiger partial charge in [-0.2, -0.15) is 5.26 Å². The fourth-order valence-corrected chi connectivity index (χ4v) is 1.93. The minimum atomic E-state index is 0.468. The van der Waals surface area contributed by atoms with Crippen molar-refractivity contribution in [1.82, 2.24) is 10.3 Å². The standard InChI is InChI=1S/C12H16N4/c13-8-11-2-1-3-12(16-11)15-9-10-4-6-14-7-5-10/h1-3,10,14H,4-7,9H2,(H,15,16). The van der Waals surface area contributed by atoms with E-state index in [9.17, 15) is 0 Å². The van der Waals surface area contributed by atoms with Crippen LogP contribution in [0.1, 0.15) is 18.5 Å². The number of nitriles is 1. The molecule has 84 valence electrons. The van der Waals surface area contributed by atoms with Crippen LogP contribution in [0.4, 0.5) is 5.82 Å². The average Bonchev–Trinajstić information content (AvgIpc) is 2.38. The molecule has 2 N–H and O–H groups in total. The molecule has 0 spiro atoms. The summed E-state index contributed by atoms with van der Waals surface area (Å²) in [6.45, 7) is 3.17. The van der Waals surface area contributed by atoms with E-state index in [0.717, 1.165) is 25.5 Å². The Kier molecular flexibility index (Phi) is 3.73. The molecule has 0 bridgehead atoms. The van der Waals surface area contributed by atoms with Gasteiger partial charge in [0.05, 0.1) is 0 Å². The molecule has 4 nitrogen and oxygen atoms in total. The van der Waals surface area contributed by atoms with E-state index in [-0.39, 0.29) is 0 Å². The summed E-state index contributed by atoms with van der Waals surface area (Å²) in [5.74, 6) is 1.52. The maximum atomic E-state index is 8.73. The maximum absolute atomic E-state index is 8.73. The summed E-state index contributed by atoms with van der Waals surface area (Å²) in [4.78, 5) is 4.19. The number of hydrogen-bond acceptors (Lipinski definition) is 4. The number of nitrogens with zero attached hydrogens (tertiary/aromatic N) is 2. The molecular weight excluding hydrogens is 200 g/mol. The molecule has 1 saturated heterocycles. The van der Waals surface area contributed by atoms with Gasteiger partial charge in [0, 0.05) is 6.54 Å². The first-order chi connectivity index (χ1) is 7.88. The molecule has 0 saturated carbocycles. The molecule has 1 aliphatic rings. The monoisotopic (exact) mass is 216 g/mol. The summed E-state index contributed by atoms with van der Waals surface area (Å²) in [5.41, 5.74) is 0.468. The fraction of sp³-hybridized carbons (Fsp3) is 0.500. The number of nitrogens with one attached hydrogen (secondary N) is 2. The zero-order valence-electron chi connectivity index (χ0n) is 9.24. The van der Waals surface area contributed by atoms with Gasteiger partial charge < -0.3 is 10.6 Å². The second-order valence-corrected chi connectivity index (χ2v) is 4.09. The lowest BCUT2D eigenvalue weighted by molar-refractivity contribution is 0.389. The van der Waals surface area contributed by atoms with Crippen LogP contribution in [0, 0.1) is 17.2 Å². The van der Waals surface area contributed by atoms with Crippen LogP contribution in [0.5, 0.6) is 0 Å². The molecule has 1 aromatic heterocycles. The molecule has 2 rings (SSSR count). The molecule has 1 fully saturated rings. The summed E-state index contributed by atoms with van der Waals surface area (Å²) in [6.07, 6.45) is 2.43. The van der Waals surface area contributed by atoms with E-state index in [0.29, 0.717) is 11.6 Å². The predicted octanol–water partition coefficient (Wildman–Crippen LogP) is 1.36. The summed E-state index contributed by atoms with van der Waals surface area (Å²) in [6, 6.07) is 7.52. The molecule has 0 radical (unpaired) electrons. The Labute approximate surface area is 95.7 Å². The predicted molar refractivity (Wildman–Crippen MR) is 63.0 cm³/mol. The van der Waals surface area contributed by atoms with E-state index in [4.69, 9.17) is 5.26 Å². The fourth-order valence-electron chi connectivity index (χ4n) is 1.93. The van der Waals surface area contributed by atoms with E-state index in [1.807, 2.05) is 18.2 Å². The quantitative estimate of drug-likeness (QED) is 0.801. The molecule has 0 aromatic carbocycles. The summed E-state index contributed by atoms with van der Waals surface area (Å²) in [7, 11) is 0. The van der Waals surface area contributed by atoms with Gasteiger partial charge in [-0.3, -0.25) is 0 Å². The molecule has 4 heteroatoms. The van der Waals surface area contributed by atoms with Gasteiger partial charge in [0.25, 0.3) is 0 Å². The van der Waals surface area contributed by atoms with E-state index in [1.54, 1.807) is 6.07 Å². The number of anilines is 1. The Balaban J connectivity index is 1.86. The molecule has 0 aliphatic carbocycles. The summed E-state index contributed by atoms with van der Waals surface area (Å²) in [5, 5.41) is 15.4. The second-order valence-electron chi connectivity index (χ2n) is 4.09. The Morgan fingerprint density at radius 2 is 2.25 bits per heavy atom. The van der Waals surface area contributed by atoms with Crippen LogP contribution < -0.4 is 10.6 Å². The highest BCUT2D eigenvalue weighted by Gasteiger charge is 2.12. The van der Waals surface area contributed by atoms with Gasteiger partial charge in [0.15, 0.2) is 0 Å². The van der Waals surface area contributed by atoms with Crippen molar-refractivity contribution in [3.8, 4) is 6.07 Å². The highest BCUT2D eigenvalue weighted by atomic mass is 15.0. The molecule has 0 unspecified atom stereocenters. The van der Waals surface area contributed by atoms with Gasteiger partial charge in [-0.15, -0.1) is 0 Å². The van der Waals surface area contributed by atoms with Crippen molar-refractivity contribution >= 4 is 5.82 Å². The summed E-state index contributed by atoms with van der Waals surface area (Å²) < 4.78 is 0. The Bertz CT molecular complexity index is 377. The van der Waals surface area contributed by atoms with Gasteiger partial charge in [0.1, 0.15) is 17.6 Å². The number of piperidine rings is 1. The topological polar surface area (TPSA) is 60.7 Å². The zero-order valence-corrected chi connectivity index (χ0v) is 9.24. The van der Waals surface area contributed by atoms with Crippen molar-refractivity contribution in [3.63, 3.8) is 0 Å². The zero-order chi connectivity index (χ0) is 11.2. The maximum Gasteiger partial charge on any atom is 0.142 e. The van der Waals surface area contributed by atoms with Crippen molar-refractivity contribution in [1.29, 1.82) is 5.26 Å².